The zero-order valence-electron chi connectivity index (χ0n) is 21.9. The molecule has 7 nitrogen and oxygen atoms in total. The summed E-state index contributed by atoms with van der Waals surface area (Å²) in [4.78, 5) is 12.7. The molecule has 0 aliphatic heterocycles. The van der Waals surface area contributed by atoms with Crippen molar-refractivity contribution in [1.82, 2.24) is 14.8 Å². The summed E-state index contributed by atoms with van der Waals surface area (Å²) >= 11 is 1.56. The van der Waals surface area contributed by atoms with Gasteiger partial charge < -0.3 is 14.8 Å². The van der Waals surface area contributed by atoms with E-state index in [1.54, 1.807) is 26.0 Å². The van der Waals surface area contributed by atoms with Crippen molar-refractivity contribution in [2.75, 3.05) is 19.5 Å². The van der Waals surface area contributed by atoms with Crippen molar-refractivity contribution in [3.63, 3.8) is 0 Å². The second-order valence-corrected chi connectivity index (χ2v) is 9.80. The Hall–Kier alpha value is -4.56. The SMILES string of the molecule is COc1cccc(-c2nnc(SCc3ccc(C(=O)Nc4cccc(C)c4)cc3)n2-c2ccccc2OC)c1. The highest BCUT2D eigenvalue weighted by molar-refractivity contribution is 7.98. The summed E-state index contributed by atoms with van der Waals surface area (Å²) in [7, 11) is 3.29. The van der Waals surface area contributed by atoms with E-state index in [0.717, 1.165) is 39.0 Å². The molecule has 0 atom stereocenters. The molecular weight excluding hydrogens is 508 g/mol. The summed E-state index contributed by atoms with van der Waals surface area (Å²) in [5, 5.41) is 12.7. The Balaban J connectivity index is 1.39. The van der Waals surface area contributed by atoms with Gasteiger partial charge in [0.25, 0.3) is 5.91 Å². The summed E-state index contributed by atoms with van der Waals surface area (Å²) in [6.07, 6.45) is 0. The molecule has 0 unspecified atom stereocenters. The zero-order chi connectivity index (χ0) is 27.2. The fourth-order valence-corrected chi connectivity index (χ4v) is 5.07. The first-order valence-corrected chi connectivity index (χ1v) is 13.4. The molecule has 0 aliphatic carbocycles. The third kappa shape index (κ3) is 5.97. The van der Waals surface area contributed by atoms with Gasteiger partial charge in [-0.05, 0) is 66.6 Å². The number of benzene rings is 4. The van der Waals surface area contributed by atoms with E-state index in [2.05, 4.69) is 15.5 Å². The molecule has 1 heterocycles. The number of amides is 1. The van der Waals surface area contributed by atoms with Crippen molar-refractivity contribution in [1.29, 1.82) is 0 Å². The van der Waals surface area contributed by atoms with Crippen molar-refractivity contribution in [2.24, 2.45) is 0 Å². The normalized spacial score (nSPS) is 10.7. The first kappa shape index (κ1) is 26.1. The van der Waals surface area contributed by atoms with E-state index in [4.69, 9.17) is 9.47 Å². The van der Waals surface area contributed by atoms with Crippen LogP contribution in [0.5, 0.6) is 11.5 Å². The minimum Gasteiger partial charge on any atom is -0.497 e. The maximum atomic E-state index is 12.7. The predicted octanol–water partition coefficient (Wildman–Crippen LogP) is 6.80. The number of carbonyl (C=O) groups is 1. The molecule has 0 bridgehead atoms. The molecule has 5 rings (SSSR count). The lowest BCUT2D eigenvalue weighted by Gasteiger charge is -2.14. The van der Waals surface area contributed by atoms with Crippen LogP contribution in [-0.4, -0.2) is 34.9 Å². The van der Waals surface area contributed by atoms with E-state index >= 15 is 0 Å². The fourth-order valence-electron chi connectivity index (χ4n) is 4.17. The van der Waals surface area contributed by atoms with Crippen LogP contribution in [0.3, 0.4) is 0 Å². The van der Waals surface area contributed by atoms with Crippen LogP contribution in [0, 0.1) is 6.92 Å². The van der Waals surface area contributed by atoms with E-state index in [1.165, 1.54) is 0 Å². The molecule has 1 N–H and O–H groups in total. The van der Waals surface area contributed by atoms with Crippen LogP contribution < -0.4 is 14.8 Å². The van der Waals surface area contributed by atoms with E-state index in [-0.39, 0.29) is 5.91 Å². The van der Waals surface area contributed by atoms with E-state index < -0.39 is 0 Å². The van der Waals surface area contributed by atoms with Crippen LogP contribution in [0.15, 0.2) is 102 Å². The fraction of sp³-hybridized carbons (Fsp3) is 0.129. The topological polar surface area (TPSA) is 78.3 Å². The Morgan fingerprint density at radius 2 is 1.67 bits per heavy atom. The third-order valence-electron chi connectivity index (χ3n) is 6.15. The summed E-state index contributed by atoms with van der Waals surface area (Å²) < 4.78 is 13.1. The highest BCUT2D eigenvalue weighted by Gasteiger charge is 2.19. The van der Waals surface area contributed by atoms with Gasteiger partial charge in [0, 0.05) is 22.6 Å². The first-order chi connectivity index (χ1) is 19.1. The number of hydrogen-bond donors (Lipinski definition) is 1. The van der Waals surface area contributed by atoms with Crippen molar-refractivity contribution >= 4 is 23.4 Å². The molecule has 0 saturated heterocycles. The summed E-state index contributed by atoms with van der Waals surface area (Å²) in [6.45, 7) is 2.00. The summed E-state index contributed by atoms with van der Waals surface area (Å²) in [6, 6.07) is 30.9. The minimum atomic E-state index is -0.140. The highest BCUT2D eigenvalue weighted by Crippen LogP contribution is 2.34. The summed E-state index contributed by atoms with van der Waals surface area (Å²) in [5.74, 6) is 2.64. The lowest BCUT2D eigenvalue weighted by molar-refractivity contribution is 0.102. The van der Waals surface area contributed by atoms with E-state index in [1.807, 2.05) is 109 Å². The standard InChI is InChI=1S/C31H28N4O3S/c1-21-8-6-10-25(18-21)32-30(36)23-16-14-22(15-17-23)20-39-31-34-33-29(24-9-7-11-26(19-24)37-2)35(31)27-12-4-5-13-28(27)38-3/h4-19H,20H2,1-3H3,(H,32,36). The van der Waals surface area contributed by atoms with Crippen molar-refractivity contribution < 1.29 is 14.3 Å². The van der Waals surface area contributed by atoms with Crippen molar-refractivity contribution in [2.45, 2.75) is 17.8 Å². The molecule has 0 radical (unpaired) electrons. The Morgan fingerprint density at radius 1 is 0.872 bits per heavy atom. The Labute approximate surface area is 231 Å². The van der Waals surface area contributed by atoms with Gasteiger partial charge in [-0.3, -0.25) is 9.36 Å². The molecule has 196 valence electrons. The van der Waals surface area contributed by atoms with Gasteiger partial charge in [0.2, 0.25) is 0 Å². The summed E-state index contributed by atoms with van der Waals surface area (Å²) in [5.41, 5.74) is 5.25. The lowest BCUT2D eigenvalue weighted by atomic mass is 10.1. The Morgan fingerprint density at radius 3 is 2.44 bits per heavy atom. The molecule has 0 spiro atoms. The molecule has 1 amide bonds. The van der Waals surface area contributed by atoms with Gasteiger partial charge in [0.15, 0.2) is 11.0 Å². The Bertz CT molecular complexity index is 1600. The van der Waals surface area contributed by atoms with Gasteiger partial charge in [-0.2, -0.15) is 0 Å². The average molecular weight is 537 g/mol. The number of nitrogens with zero attached hydrogens (tertiary/aromatic N) is 3. The minimum absolute atomic E-state index is 0.140. The molecule has 8 heteroatoms. The number of rotatable bonds is 9. The van der Waals surface area contributed by atoms with Gasteiger partial charge in [-0.25, -0.2) is 0 Å². The van der Waals surface area contributed by atoms with Gasteiger partial charge in [0.05, 0.1) is 19.9 Å². The van der Waals surface area contributed by atoms with Crippen LogP contribution in [-0.2, 0) is 5.75 Å². The lowest BCUT2D eigenvalue weighted by Crippen LogP contribution is -2.11. The quantitative estimate of drug-likeness (QED) is 0.209. The van der Waals surface area contributed by atoms with Crippen molar-refractivity contribution in [3.05, 3.63) is 114 Å². The van der Waals surface area contributed by atoms with Crippen LogP contribution in [0.4, 0.5) is 5.69 Å². The molecule has 4 aromatic carbocycles. The van der Waals surface area contributed by atoms with Crippen molar-refractivity contribution in [3.8, 4) is 28.6 Å². The predicted molar refractivity (Wildman–Crippen MR) is 155 cm³/mol. The monoisotopic (exact) mass is 536 g/mol. The first-order valence-electron chi connectivity index (χ1n) is 12.4. The largest absolute Gasteiger partial charge is 0.497 e. The molecule has 0 saturated carbocycles. The maximum Gasteiger partial charge on any atom is 0.255 e. The molecule has 39 heavy (non-hydrogen) atoms. The highest BCUT2D eigenvalue weighted by atomic mass is 32.2. The number of hydrogen-bond acceptors (Lipinski definition) is 6. The number of anilines is 1. The third-order valence-corrected chi connectivity index (χ3v) is 7.15. The van der Waals surface area contributed by atoms with Crippen LogP contribution in [0.2, 0.25) is 0 Å². The average Bonchev–Trinajstić information content (AvgIpc) is 3.40. The smallest absolute Gasteiger partial charge is 0.255 e. The van der Waals surface area contributed by atoms with Gasteiger partial charge in [-0.15, -0.1) is 10.2 Å². The van der Waals surface area contributed by atoms with E-state index in [0.29, 0.717) is 22.9 Å². The van der Waals surface area contributed by atoms with Crippen LogP contribution in [0.1, 0.15) is 21.5 Å². The Kier molecular flexibility index (Phi) is 7.94. The van der Waals surface area contributed by atoms with Gasteiger partial charge >= 0.3 is 0 Å². The molecular formula is C31H28N4O3S. The number of ether oxygens (including phenoxy) is 2. The number of para-hydroxylation sites is 2. The molecule has 0 fully saturated rings. The molecule has 0 aliphatic rings. The van der Waals surface area contributed by atoms with Gasteiger partial charge in [-0.1, -0.05) is 60.3 Å². The van der Waals surface area contributed by atoms with E-state index in [9.17, 15) is 4.79 Å². The number of methoxy groups -OCH3 is 2. The van der Waals surface area contributed by atoms with Gasteiger partial charge in [0.1, 0.15) is 11.5 Å². The van der Waals surface area contributed by atoms with Crippen LogP contribution >= 0.6 is 11.8 Å². The molecule has 1 aromatic heterocycles. The number of thioether (sulfide) groups is 1. The second kappa shape index (κ2) is 11.9. The zero-order valence-corrected chi connectivity index (χ0v) is 22.7. The van der Waals surface area contributed by atoms with Crippen LogP contribution in [0.25, 0.3) is 17.1 Å². The number of aromatic nitrogens is 3. The molecule has 5 aromatic rings. The number of carbonyl (C=O) groups excluding carboxylic acids is 1. The second-order valence-electron chi connectivity index (χ2n) is 8.85. The number of nitrogens with one attached hydrogen (secondary N) is 1. The number of aryl methyl sites for hydroxylation is 1. The maximum absolute atomic E-state index is 12.7.